The van der Waals surface area contributed by atoms with Crippen molar-refractivity contribution in [1.29, 1.82) is 0 Å². The summed E-state index contributed by atoms with van der Waals surface area (Å²) in [6.07, 6.45) is 4.64. The van der Waals surface area contributed by atoms with E-state index in [-0.39, 0.29) is 4.90 Å². The molecule has 5 rings (SSSR count). The second-order valence-electron chi connectivity index (χ2n) is 7.18. The van der Waals surface area contributed by atoms with Gasteiger partial charge in [0.2, 0.25) is 0 Å². The first-order chi connectivity index (χ1) is 14.0. The monoisotopic (exact) mass is 404 g/mol. The van der Waals surface area contributed by atoms with Gasteiger partial charge in [0.05, 0.1) is 16.0 Å². The molecule has 0 unspecified atom stereocenters. The summed E-state index contributed by atoms with van der Waals surface area (Å²) in [7, 11) is -1.79. The van der Waals surface area contributed by atoms with Crippen LogP contribution in [0.25, 0.3) is 22.2 Å². The third kappa shape index (κ3) is 3.03. The molecule has 146 valence electrons. The maximum atomic E-state index is 12.9. The standard InChI is InChI=1S/C22H20N4O2S/c1-26-14-18(16-8-7-15-9-11-23-20(15)13-16)21-19(10-12-24-22(21)26)25-29(27,28)17-5-3-2-4-6-17/h2-8,10,12-14,23H,9,11H2,1H3,(H,24,25). The van der Waals surface area contributed by atoms with Crippen LogP contribution in [0.3, 0.4) is 0 Å². The first-order valence-corrected chi connectivity index (χ1v) is 10.9. The smallest absolute Gasteiger partial charge is 0.261 e. The van der Waals surface area contributed by atoms with Crippen molar-refractivity contribution < 1.29 is 8.42 Å². The summed E-state index contributed by atoms with van der Waals surface area (Å²) >= 11 is 0. The summed E-state index contributed by atoms with van der Waals surface area (Å²) in [5, 5.41) is 4.19. The SMILES string of the molecule is Cn1cc(-c2ccc3c(c2)NCC3)c2c(NS(=O)(=O)c3ccccc3)ccnc21. The molecule has 2 aromatic carbocycles. The summed E-state index contributed by atoms with van der Waals surface area (Å²) in [6.45, 7) is 0.942. The zero-order valence-corrected chi connectivity index (χ0v) is 16.7. The number of aromatic nitrogens is 2. The van der Waals surface area contributed by atoms with E-state index in [9.17, 15) is 8.42 Å². The molecule has 0 atom stereocenters. The lowest BCUT2D eigenvalue weighted by Gasteiger charge is -2.11. The molecule has 0 saturated carbocycles. The molecule has 29 heavy (non-hydrogen) atoms. The molecule has 0 aliphatic carbocycles. The van der Waals surface area contributed by atoms with Crippen LogP contribution in [0.15, 0.2) is 71.9 Å². The van der Waals surface area contributed by atoms with Gasteiger partial charge in [0.25, 0.3) is 10.0 Å². The summed E-state index contributed by atoms with van der Waals surface area (Å²) < 4.78 is 30.5. The molecule has 0 amide bonds. The number of aryl methyl sites for hydroxylation is 1. The van der Waals surface area contributed by atoms with Crippen LogP contribution in [0.4, 0.5) is 11.4 Å². The summed E-state index contributed by atoms with van der Waals surface area (Å²) in [6, 6.07) is 16.4. The number of sulfonamides is 1. The lowest BCUT2D eigenvalue weighted by molar-refractivity contribution is 0.601. The van der Waals surface area contributed by atoms with Crippen LogP contribution >= 0.6 is 0 Å². The maximum Gasteiger partial charge on any atom is 0.261 e. The minimum absolute atomic E-state index is 0.226. The molecule has 7 heteroatoms. The van der Waals surface area contributed by atoms with Gasteiger partial charge in [-0.25, -0.2) is 13.4 Å². The Morgan fingerprint density at radius 2 is 1.93 bits per heavy atom. The highest BCUT2D eigenvalue weighted by Crippen LogP contribution is 2.37. The molecule has 0 spiro atoms. The highest BCUT2D eigenvalue weighted by molar-refractivity contribution is 7.92. The van der Waals surface area contributed by atoms with Crippen LogP contribution < -0.4 is 10.0 Å². The van der Waals surface area contributed by atoms with E-state index < -0.39 is 10.0 Å². The normalized spacial score (nSPS) is 13.3. The third-order valence-electron chi connectivity index (χ3n) is 5.29. The van der Waals surface area contributed by atoms with E-state index in [0.29, 0.717) is 5.69 Å². The zero-order chi connectivity index (χ0) is 20.0. The number of rotatable bonds is 4. The average molecular weight is 404 g/mol. The van der Waals surface area contributed by atoms with Crippen LogP contribution in [0.2, 0.25) is 0 Å². The van der Waals surface area contributed by atoms with Gasteiger partial charge in [-0.05, 0) is 41.8 Å². The van der Waals surface area contributed by atoms with Crippen LogP contribution in [0, 0.1) is 0 Å². The second kappa shape index (κ2) is 6.63. The van der Waals surface area contributed by atoms with E-state index in [2.05, 4.69) is 33.2 Å². The predicted molar refractivity (Wildman–Crippen MR) is 116 cm³/mol. The topological polar surface area (TPSA) is 76.0 Å². The molecule has 6 nitrogen and oxygen atoms in total. The van der Waals surface area contributed by atoms with Gasteiger partial charge >= 0.3 is 0 Å². The molecule has 1 aliphatic heterocycles. The number of anilines is 2. The molecule has 0 fully saturated rings. The molecule has 2 aromatic heterocycles. The van der Waals surface area contributed by atoms with Crippen molar-refractivity contribution in [2.45, 2.75) is 11.3 Å². The number of benzene rings is 2. The summed E-state index contributed by atoms with van der Waals surface area (Å²) in [4.78, 5) is 4.70. The summed E-state index contributed by atoms with van der Waals surface area (Å²) in [5.74, 6) is 0. The van der Waals surface area contributed by atoms with Crippen molar-refractivity contribution in [3.8, 4) is 11.1 Å². The lowest BCUT2D eigenvalue weighted by Crippen LogP contribution is -2.13. The van der Waals surface area contributed by atoms with E-state index >= 15 is 0 Å². The quantitative estimate of drug-likeness (QED) is 0.539. The lowest BCUT2D eigenvalue weighted by atomic mass is 10.0. The van der Waals surface area contributed by atoms with Crippen LogP contribution in [0.1, 0.15) is 5.56 Å². The van der Waals surface area contributed by atoms with Gasteiger partial charge in [-0.1, -0.05) is 30.3 Å². The van der Waals surface area contributed by atoms with E-state index in [1.54, 1.807) is 42.6 Å². The Hall–Kier alpha value is -3.32. The Morgan fingerprint density at radius 1 is 1.10 bits per heavy atom. The van der Waals surface area contributed by atoms with Gasteiger partial charge in [-0.15, -0.1) is 0 Å². The minimum Gasteiger partial charge on any atom is -0.384 e. The van der Waals surface area contributed by atoms with Crippen LogP contribution in [-0.2, 0) is 23.5 Å². The summed E-state index contributed by atoms with van der Waals surface area (Å²) in [5.41, 5.74) is 5.64. The van der Waals surface area contributed by atoms with Gasteiger partial charge in [-0.3, -0.25) is 4.72 Å². The van der Waals surface area contributed by atoms with Gasteiger partial charge in [0.15, 0.2) is 0 Å². The fraction of sp³-hybridized carbons (Fsp3) is 0.136. The third-order valence-corrected chi connectivity index (χ3v) is 6.67. The molecule has 1 aliphatic rings. The Bertz CT molecular complexity index is 1330. The Morgan fingerprint density at radius 3 is 2.76 bits per heavy atom. The molecule has 2 N–H and O–H groups in total. The van der Waals surface area contributed by atoms with E-state index in [0.717, 1.165) is 40.8 Å². The van der Waals surface area contributed by atoms with Crippen molar-refractivity contribution in [2.75, 3.05) is 16.6 Å². The Balaban J connectivity index is 1.66. The number of hydrogen-bond acceptors (Lipinski definition) is 4. The number of nitrogens with zero attached hydrogens (tertiary/aromatic N) is 2. The molecule has 0 radical (unpaired) electrons. The van der Waals surface area contributed by atoms with Crippen molar-refractivity contribution in [3.63, 3.8) is 0 Å². The van der Waals surface area contributed by atoms with Crippen LogP contribution in [0.5, 0.6) is 0 Å². The molecular formula is C22H20N4O2S. The van der Waals surface area contributed by atoms with E-state index in [1.165, 1.54) is 5.56 Å². The molecule has 0 saturated heterocycles. The second-order valence-corrected chi connectivity index (χ2v) is 8.86. The van der Waals surface area contributed by atoms with Crippen molar-refractivity contribution in [1.82, 2.24) is 9.55 Å². The largest absolute Gasteiger partial charge is 0.384 e. The first-order valence-electron chi connectivity index (χ1n) is 9.42. The predicted octanol–water partition coefficient (Wildman–Crippen LogP) is 4.01. The van der Waals surface area contributed by atoms with Gasteiger partial charge in [-0.2, -0.15) is 0 Å². The van der Waals surface area contributed by atoms with Crippen molar-refractivity contribution in [2.24, 2.45) is 7.05 Å². The molecule has 3 heterocycles. The Labute approximate surface area is 169 Å². The van der Waals surface area contributed by atoms with Crippen molar-refractivity contribution >= 4 is 32.4 Å². The average Bonchev–Trinajstić information content (AvgIpc) is 3.33. The van der Waals surface area contributed by atoms with Gasteiger partial charge in [0.1, 0.15) is 5.65 Å². The zero-order valence-electron chi connectivity index (χ0n) is 15.9. The first kappa shape index (κ1) is 17.8. The van der Waals surface area contributed by atoms with E-state index in [4.69, 9.17) is 0 Å². The fourth-order valence-corrected chi connectivity index (χ4v) is 4.96. The maximum absolute atomic E-state index is 12.9. The number of hydrogen-bond donors (Lipinski definition) is 2. The highest BCUT2D eigenvalue weighted by Gasteiger charge is 2.20. The Kier molecular flexibility index (Phi) is 4.06. The number of fused-ring (bicyclic) bond motifs is 2. The fourth-order valence-electron chi connectivity index (χ4n) is 3.87. The van der Waals surface area contributed by atoms with Crippen molar-refractivity contribution in [3.05, 3.63) is 72.6 Å². The minimum atomic E-state index is -3.70. The number of nitrogens with one attached hydrogen (secondary N) is 2. The van der Waals surface area contributed by atoms with Gasteiger partial charge in [0, 0.05) is 37.2 Å². The molecular weight excluding hydrogens is 384 g/mol. The van der Waals surface area contributed by atoms with E-state index in [1.807, 2.05) is 17.8 Å². The van der Waals surface area contributed by atoms with Crippen LogP contribution in [-0.4, -0.2) is 24.5 Å². The molecule has 0 bridgehead atoms. The van der Waals surface area contributed by atoms with Gasteiger partial charge < -0.3 is 9.88 Å². The molecule has 4 aromatic rings. The number of pyridine rings is 1. The highest BCUT2D eigenvalue weighted by atomic mass is 32.2.